The van der Waals surface area contributed by atoms with Crippen molar-refractivity contribution in [2.24, 2.45) is 0 Å². The van der Waals surface area contributed by atoms with Gasteiger partial charge in [0.1, 0.15) is 5.82 Å². The Morgan fingerprint density at radius 3 is 2.89 bits per heavy atom. The largest absolute Gasteiger partial charge is 0.355 e. The van der Waals surface area contributed by atoms with E-state index in [-0.39, 0.29) is 16.8 Å². The van der Waals surface area contributed by atoms with Gasteiger partial charge in [0.15, 0.2) is 0 Å². The normalized spacial score (nSPS) is 20.1. The summed E-state index contributed by atoms with van der Waals surface area (Å²) in [6.07, 6.45) is 4.34. The molecular weight excluding hydrogens is 364 g/mol. The number of nitrogens with zero attached hydrogens (tertiary/aromatic N) is 2. The second-order valence-corrected chi connectivity index (χ2v) is 8.68. The van der Waals surface area contributed by atoms with E-state index in [1.165, 1.54) is 0 Å². The number of fused-ring (bicyclic) bond motifs is 1. The van der Waals surface area contributed by atoms with Crippen LogP contribution in [0.3, 0.4) is 0 Å². The Bertz CT molecular complexity index is 947. The van der Waals surface area contributed by atoms with Crippen molar-refractivity contribution < 1.29 is 13.2 Å². The Kier molecular flexibility index (Phi) is 4.84. The number of aryl methyl sites for hydroxylation is 1. The van der Waals surface area contributed by atoms with Crippen molar-refractivity contribution in [3.8, 4) is 0 Å². The quantitative estimate of drug-likeness (QED) is 0.838. The van der Waals surface area contributed by atoms with Crippen molar-refractivity contribution in [1.82, 2.24) is 9.71 Å². The Morgan fingerprint density at radius 2 is 2.07 bits per heavy atom. The summed E-state index contributed by atoms with van der Waals surface area (Å²) < 4.78 is 28.5. The Hall–Kier alpha value is -2.45. The van der Waals surface area contributed by atoms with Crippen LogP contribution in [0, 0.1) is 0 Å². The first-order chi connectivity index (χ1) is 13.0. The molecule has 1 unspecified atom stereocenters. The molecule has 1 saturated heterocycles. The number of carbonyl (C=O) groups excluding carboxylic acids is 1. The molecule has 0 radical (unpaired) electrons. The highest BCUT2D eigenvalue weighted by atomic mass is 32.2. The maximum absolute atomic E-state index is 12.8. The van der Waals surface area contributed by atoms with E-state index in [9.17, 15) is 13.2 Å². The Morgan fingerprint density at radius 1 is 1.19 bits per heavy atom. The first-order valence-electron chi connectivity index (χ1n) is 9.12. The summed E-state index contributed by atoms with van der Waals surface area (Å²) in [5, 5.41) is 2.83. The van der Waals surface area contributed by atoms with E-state index in [2.05, 4.69) is 19.9 Å². The van der Waals surface area contributed by atoms with Gasteiger partial charge in [-0.25, -0.2) is 18.1 Å². The molecule has 2 aliphatic heterocycles. The minimum atomic E-state index is -3.62. The molecule has 2 aromatic rings. The summed E-state index contributed by atoms with van der Waals surface area (Å²) in [5.41, 5.74) is 1.57. The summed E-state index contributed by atoms with van der Waals surface area (Å²) in [7, 11) is -3.62. The van der Waals surface area contributed by atoms with Crippen molar-refractivity contribution in [3.63, 3.8) is 0 Å². The molecule has 1 fully saturated rings. The second-order valence-electron chi connectivity index (χ2n) is 6.96. The first-order valence-corrected chi connectivity index (χ1v) is 10.6. The first kappa shape index (κ1) is 17.9. The van der Waals surface area contributed by atoms with E-state index in [1.807, 2.05) is 18.2 Å². The van der Waals surface area contributed by atoms with E-state index in [4.69, 9.17) is 0 Å². The zero-order valence-corrected chi connectivity index (χ0v) is 15.7. The minimum Gasteiger partial charge on any atom is -0.355 e. The molecule has 0 spiro atoms. The van der Waals surface area contributed by atoms with E-state index in [0.717, 1.165) is 30.8 Å². The second kappa shape index (κ2) is 7.28. The van der Waals surface area contributed by atoms with Gasteiger partial charge < -0.3 is 10.2 Å². The Labute approximate surface area is 158 Å². The molecule has 0 aliphatic carbocycles. The molecule has 1 amide bonds. The molecular formula is C19H22N4O3S. The number of hydrogen-bond acceptors (Lipinski definition) is 5. The number of anilines is 2. The summed E-state index contributed by atoms with van der Waals surface area (Å²) >= 11 is 0. The summed E-state index contributed by atoms with van der Waals surface area (Å²) in [4.78, 5) is 18.3. The van der Waals surface area contributed by atoms with Gasteiger partial charge in [0.25, 0.3) is 0 Å². The number of sulfonamides is 1. The number of amides is 1. The average molecular weight is 386 g/mol. The van der Waals surface area contributed by atoms with Gasteiger partial charge in [0.2, 0.25) is 15.9 Å². The lowest BCUT2D eigenvalue weighted by Crippen LogP contribution is -2.37. The Balaban J connectivity index is 1.48. The van der Waals surface area contributed by atoms with Crippen molar-refractivity contribution in [2.45, 2.75) is 36.6 Å². The van der Waals surface area contributed by atoms with Gasteiger partial charge in [-0.2, -0.15) is 0 Å². The van der Waals surface area contributed by atoms with Crippen molar-refractivity contribution in [2.75, 3.05) is 23.3 Å². The highest BCUT2D eigenvalue weighted by Crippen LogP contribution is 2.26. The van der Waals surface area contributed by atoms with Crippen LogP contribution in [0.1, 0.15) is 24.8 Å². The predicted molar refractivity (Wildman–Crippen MR) is 103 cm³/mol. The zero-order valence-electron chi connectivity index (χ0n) is 14.9. The van der Waals surface area contributed by atoms with Crippen LogP contribution in [0.25, 0.3) is 0 Å². The topological polar surface area (TPSA) is 91.4 Å². The van der Waals surface area contributed by atoms with Gasteiger partial charge in [-0.1, -0.05) is 6.07 Å². The highest BCUT2D eigenvalue weighted by molar-refractivity contribution is 7.89. The molecule has 4 rings (SSSR count). The van der Waals surface area contributed by atoms with E-state index >= 15 is 0 Å². The third kappa shape index (κ3) is 3.96. The molecule has 7 nitrogen and oxygen atoms in total. The highest BCUT2D eigenvalue weighted by Gasteiger charge is 2.28. The van der Waals surface area contributed by atoms with Gasteiger partial charge >= 0.3 is 0 Å². The van der Waals surface area contributed by atoms with Crippen LogP contribution in [-0.2, 0) is 21.2 Å². The van der Waals surface area contributed by atoms with Gasteiger partial charge in [0, 0.05) is 37.4 Å². The van der Waals surface area contributed by atoms with Crippen LogP contribution in [0.4, 0.5) is 11.5 Å². The third-order valence-electron chi connectivity index (χ3n) is 4.99. The molecule has 2 N–H and O–H groups in total. The maximum Gasteiger partial charge on any atom is 0.240 e. The summed E-state index contributed by atoms with van der Waals surface area (Å²) in [6, 6.07) is 10.5. The van der Waals surface area contributed by atoms with Crippen LogP contribution in [0.2, 0.25) is 0 Å². The number of benzene rings is 1. The van der Waals surface area contributed by atoms with Crippen LogP contribution < -0.4 is 14.9 Å². The molecule has 1 aromatic heterocycles. The van der Waals surface area contributed by atoms with E-state index < -0.39 is 10.0 Å². The average Bonchev–Trinajstić information content (AvgIpc) is 3.02. The van der Waals surface area contributed by atoms with Gasteiger partial charge in [-0.15, -0.1) is 0 Å². The number of carbonyl (C=O) groups is 1. The van der Waals surface area contributed by atoms with Gasteiger partial charge in [-0.05, 0) is 55.2 Å². The van der Waals surface area contributed by atoms with Crippen molar-refractivity contribution >= 4 is 27.4 Å². The van der Waals surface area contributed by atoms with Crippen LogP contribution >= 0.6 is 0 Å². The molecule has 142 valence electrons. The number of hydrogen-bond donors (Lipinski definition) is 2. The standard InChI is InChI=1S/C19H22N4O3S/c24-19-6-3-4-14-12-16(7-8-17(14)21-19)27(25,26)22-15-9-11-23(13-15)18-5-1-2-10-20-18/h1-2,5,7-8,10,12,15,22H,3-4,6,9,11,13H2,(H,21,24). The van der Waals surface area contributed by atoms with Gasteiger partial charge in [0.05, 0.1) is 4.90 Å². The molecule has 1 atom stereocenters. The third-order valence-corrected chi connectivity index (χ3v) is 6.51. The number of rotatable bonds is 4. The fourth-order valence-corrected chi connectivity index (χ4v) is 4.92. The summed E-state index contributed by atoms with van der Waals surface area (Å²) in [5.74, 6) is 0.836. The van der Waals surface area contributed by atoms with Gasteiger partial charge in [-0.3, -0.25) is 4.79 Å². The fraction of sp³-hybridized carbons (Fsp3) is 0.368. The van der Waals surface area contributed by atoms with E-state index in [1.54, 1.807) is 24.4 Å². The van der Waals surface area contributed by atoms with Crippen LogP contribution in [-0.4, -0.2) is 38.4 Å². The number of nitrogens with one attached hydrogen (secondary N) is 2. The van der Waals surface area contributed by atoms with Crippen molar-refractivity contribution in [3.05, 3.63) is 48.2 Å². The monoisotopic (exact) mass is 386 g/mol. The number of pyridine rings is 1. The SMILES string of the molecule is O=C1CCCc2cc(S(=O)(=O)NC3CCN(c4ccccn4)C3)ccc2N1. The maximum atomic E-state index is 12.8. The van der Waals surface area contributed by atoms with Crippen LogP contribution in [0.5, 0.6) is 0 Å². The van der Waals surface area contributed by atoms with Crippen molar-refractivity contribution in [1.29, 1.82) is 0 Å². The fourth-order valence-electron chi connectivity index (χ4n) is 3.61. The number of aromatic nitrogens is 1. The molecule has 3 heterocycles. The molecule has 27 heavy (non-hydrogen) atoms. The molecule has 8 heteroatoms. The minimum absolute atomic E-state index is 0.0250. The smallest absolute Gasteiger partial charge is 0.240 e. The van der Waals surface area contributed by atoms with E-state index in [0.29, 0.717) is 25.1 Å². The molecule has 0 bridgehead atoms. The van der Waals surface area contributed by atoms with Crippen LogP contribution in [0.15, 0.2) is 47.5 Å². The lowest BCUT2D eigenvalue weighted by molar-refractivity contribution is -0.116. The molecule has 1 aromatic carbocycles. The lowest BCUT2D eigenvalue weighted by atomic mass is 10.1. The summed E-state index contributed by atoms with van der Waals surface area (Å²) in [6.45, 7) is 1.36. The molecule has 2 aliphatic rings. The zero-order chi connectivity index (χ0) is 18.9. The lowest BCUT2D eigenvalue weighted by Gasteiger charge is -2.18. The predicted octanol–water partition coefficient (Wildman–Crippen LogP) is 1.91. The molecule has 0 saturated carbocycles.